The number of carbonyl (C=O) groups is 3. The number of hydrogen-bond donors (Lipinski definition) is 1. The van der Waals surface area contributed by atoms with Gasteiger partial charge < -0.3 is 14.8 Å². The molecule has 0 aliphatic heterocycles. The van der Waals surface area contributed by atoms with E-state index in [0.29, 0.717) is 0 Å². The van der Waals surface area contributed by atoms with Gasteiger partial charge in [0.2, 0.25) is 0 Å². The zero-order valence-corrected chi connectivity index (χ0v) is 14.7. The first-order valence-electron chi connectivity index (χ1n) is 7.41. The molecule has 0 spiro atoms. The monoisotopic (exact) mass is 392 g/mol. The lowest BCUT2D eigenvalue weighted by Crippen LogP contribution is -2.22. The van der Waals surface area contributed by atoms with Crippen molar-refractivity contribution in [2.75, 3.05) is 19.0 Å². The highest BCUT2D eigenvalue weighted by Gasteiger charge is 2.20. The highest BCUT2D eigenvalue weighted by Crippen LogP contribution is 2.27. The number of esters is 2. The Balaban J connectivity index is 2.06. The van der Waals surface area contributed by atoms with Gasteiger partial charge in [-0.25, -0.2) is 9.59 Å². The number of nitro benzene ring substituents is 1. The number of methoxy groups -OCH3 is 1. The maximum Gasteiger partial charge on any atom is 0.339 e. The minimum Gasteiger partial charge on any atom is -0.465 e. The van der Waals surface area contributed by atoms with Gasteiger partial charge in [-0.1, -0.05) is 23.7 Å². The number of nitrogens with zero attached hydrogens (tertiary/aromatic N) is 1. The maximum atomic E-state index is 12.1. The third-order valence-corrected chi connectivity index (χ3v) is 3.55. The van der Waals surface area contributed by atoms with Gasteiger partial charge in [-0.3, -0.25) is 14.9 Å². The molecule has 2 rings (SSSR count). The summed E-state index contributed by atoms with van der Waals surface area (Å²) in [7, 11) is 1.16. The van der Waals surface area contributed by atoms with Gasteiger partial charge in [-0.05, 0) is 24.3 Å². The molecule has 0 unspecified atom stereocenters. The van der Waals surface area contributed by atoms with Crippen molar-refractivity contribution < 1.29 is 28.8 Å². The highest BCUT2D eigenvalue weighted by molar-refractivity contribution is 6.31. The summed E-state index contributed by atoms with van der Waals surface area (Å²) in [6, 6.07) is 9.47. The number of nitrogens with one attached hydrogen (secondary N) is 1. The number of hydrogen-bond acceptors (Lipinski definition) is 7. The van der Waals surface area contributed by atoms with Crippen molar-refractivity contribution in [2.45, 2.75) is 0 Å². The van der Waals surface area contributed by atoms with Crippen LogP contribution in [0.15, 0.2) is 42.5 Å². The predicted molar refractivity (Wildman–Crippen MR) is 94.8 cm³/mol. The molecule has 27 heavy (non-hydrogen) atoms. The number of rotatable bonds is 6. The Labute approximate surface area is 158 Å². The quantitative estimate of drug-likeness (QED) is 0.455. The average Bonchev–Trinajstić information content (AvgIpc) is 2.66. The summed E-state index contributed by atoms with van der Waals surface area (Å²) < 4.78 is 9.44. The minimum atomic E-state index is -0.920. The zero-order valence-electron chi connectivity index (χ0n) is 13.9. The Morgan fingerprint density at radius 1 is 1.11 bits per heavy atom. The largest absolute Gasteiger partial charge is 0.465 e. The Morgan fingerprint density at radius 2 is 1.74 bits per heavy atom. The number of amides is 1. The first-order valence-corrected chi connectivity index (χ1v) is 7.79. The first-order chi connectivity index (χ1) is 12.8. The molecule has 0 atom stereocenters. The van der Waals surface area contributed by atoms with Crippen molar-refractivity contribution in [3.05, 3.63) is 68.7 Å². The molecular formula is C17H13ClN2O7. The van der Waals surface area contributed by atoms with Crippen molar-refractivity contribution in [1.82, 2.24) is 0 Å². The maximum absolute atomic E-state index is 12.1. The van der Waals surface area contributed by atoms with Crippen LogP contribution >= 0.6 is 11.6 Å². The van der Waals surface area contributed by atoms with Crippen molar-refractivity contribution in [3.63, 3.8) is 0 Å². The summed E-state index contributed by atoms with van der Waals surface area (Å²) in [5.74, 6) is -2.45. The molecule has 0 aliphatic rings. The fourth-order valence-corrected chi connectivity index (χ4v) is 2.27. The summed E-state index contributed by atoms with van der Waals surface area (Å²) in [5.41, 5.74) is -0.591. The molecule has 0 aromatic heterocycles. The lowest BCUT2D eigenvalue weighted by Gasteiger charge is -2.09. The van der Waals surface area contributed by atoms with Gasteiger partial charge in [0.1, 0.15) is 5.69 Å². The smallest absolute Gasteiger partial charge is 0.339 e. The number of benzene rings is 2. The number of ether oxygens (including phenoxy) is 2. The summed E-state index contributed by atoms with van der Waals surface area (Å²) in [5, 5.41) is 13.4. The molecule has 0 radical (unpaired) electrons. The number of nitro groups is 1. The van der Waals surface area contributed by atoms with Gasteiger partial charge in [0.15, 0.2) is 6.61 Å². The van der Waals surface area contributed by atoms with Gasteiger partial charge in [0, 0.05) is 11.1 Å². The van der Waals surface area contributed by atoms with E-state index in [1.165, 1.54) is 36.4 Å². The fourth-order valence-electron chi connectivity index (χ4n) is 2.11. The Hall–Kier alpha value is -3.46. The average molecular weight is 393 g/mol. The van der Waals surface area contributed by atoms with Crippen LogP contribution in [0.25, 0.3) is 0 Å². The van der Waals surface area contributed by atoms with Crippen LogP contribution in [0.4, 0.5) is 11.4 Å². The molecule has 0 saturated carbocycles. The molecule has 2 aromatic carbocycles. The van der Waals surface area contributed by atoms with Crippen LogP contribution in [0.5, 0.6) is 0 Å². The van der Waals surface area contributed by atoms with Crippen LogP contribution in [0.2, 0.25) is 5.02 Å². The highest BCUT2D eigenvalue weighted by atomic mass is 35.5. The lowest BCUT2D eigenvalue weighted by atomic mass is 10.1. The van der Waals surface area contributed by atoms with E-state index in [9.17, 15) is 24.5 Å². The van der Waals surface area contributed by atoms with Crippen molar-refractivity contribution in [2.24, 2.45) is 0 Å². The van der Waals surface area contributed by atoms with Gasteiger partial charge in [0.25, 0.3) is 11.6 Å². The van der Waals surface area contributed by atoms with Crippen LogP contribution in [-0.4, -0.2) is 36.5 Å². The van der Waals surface area contributed by atoms with E-state index in [0.717, 1.165) is 13.2 Å². The normalized spacial score (nSPS) is 10.0. The lowest BCUT2D eigenvalue weighted by molar-refractivity contribution is -0.383. The van der Waals surface area contributed by atoms with Crippen LogP contribution in [0, 0.1) is 10.1 Å². The second-order valence-electron chi connectivity index (χ2n) is 5.08. The van der Waals surface area contributed by atoms with E-state index in [1.807, 2.05) is 0 Å². The predicted octanol–water partition coefficient (Wildman–Crippen LogP) is 2.83. The van der Waals surface area contributed by atoms with Gasteiger partial charge in [-0.2, -0.15) is 0 Å². The topological polar surface area (TPSA) is 125 Å². The van der Waals surface area contributed by atoms with E-state index in [1.54, 1.807) is 0 Å². The van der Waals surface area contributed by atoms with E-state index in [2.05, 4.69) is 10.1 Å². The molecule has 0 fully saturated rings. The fraction of sp³-hybridized carbons (Fsp3) is 0.118. The second kappa shape index (κ2) is 8.77. The molecule has 0 aliphatic carbocycles. The van der Waals surface area contributed by atoms with Gasteiger partial charge in [-0.15, -0.1) is 0 Å². The zero-order chi connectivity index (χ0) is 20.0. The molecule has 140 valence electrons. The number of halogens is 1. The SMILES string of the molecule is COC(=O)c1ccccc1C(=O)OCC(=O)Nc1ccc(Cl)cc1[N+](=O)[O-]. The van der Waals surface area contributed by atoms with E-state index in [4.69, 9.17) is 16.3 Å². The Bertz CT molecular complexity index is 914. The third-order valence-electron chi connectivity index (χ3n) is 3.32. The van der Waals surface area contributed by atoms with Crippen molar-refractivity contribution in [1.29, 1.82) is 0 Å². The van der Waals surface area contributed by atoms with Crippen molar-refractivity contribution >= 4 is 40.8 Å². The van der Waals surface area contributed by atoms with Gasteiger partial charge in [0.05, 0.1) is 23.2 Å². The Morgan fingerprint density at radius 3 is 2.33 bits per heavy atom. The Kier molecular flexibility index (Phi) is 6.45. The second-order valence-corrected chi connectivity index (χ2v) is 5.52. The van der Waals surface area contributed by atoms with Crippen molar-refractivity contribution in [3.8, 4) is 0 Å². The third kappa shape index (κ3) is 5.02. The van der Waals surface area contributed by atoms with E-state index >= 15 is 0 Å². The molecule has 2 aromatic rings. The van der Waals surface area contributed by atoms with Gasteiger partial charge >= 0.3 is 11.9 Å². The molecular weight excluding hydrogens is 380 g/mol. The molecule has 9 nitrogen and oxygen atoms in total. The standard InChI is InChI=1S/C17H13ClN2O7/c1-26-16(22)11-4-2-3-5-12(11)17(23)27-9-15(21)19-13-7-6-10(18)8-14(13)20(24)25/h2-8H,9H2,1H3,(H,19,21). The first kappa shape index (κ1) is 19.9. The van der Waals surface area contributed by atoms with Crippen LogP contribution < -0.4 is 5.32 Å². The molecule has 1 amide bonds. The summed E-state index contributed by atoms with van der Waals surface area (Å²) in [4.78, 5) is 46.0. The summed E-state index contributed by atoms with van der Waals surface area (Å²) in [6.07, 6.45) is 0. The molecule has 0 bridgehead atoms. The molecule has 10 heteroatoms. The van der Waals surface area contributed by atoms with Crippen LogP contribution in [-0.2, 0) is 14.3 Å². The summed E-state index contributed by atoms with van der Waals surface area (Å²) in [6.45, 7) is -0.714. The molecule has 0 saturated heterocycles. The molecule has 1 N–H and O–H groups in total. The van der Waals surface area contributed by atoms with Crippen LogP contribution in [0.3, 0.4) is 0 Å². The minimum absolute atomic E-state index is 0.0150. The molecule has 0 heterocycles. The number of carbonyl (C=O) groups excluding carboxylic acids is 3. The van der Waals surface area contributed by atoms with E-state index < -0.39 is 35.1 Å². The van der Waals surface area contributed by atoms with E-state index in [-0.39, 0.29) is 21.8 Å². The summed E-state index contributed by atoms with van der Waals surface area (Å²) >= 11 is 5.70. The van der Waals surface area contributed by atoms with Crippen LogP contribution in [0.1, 0.15) is 20.7 Å². The number of anilines is 1.